The van der Waals surface area contributed by atoms with E-state index < -0.39 is 0 Å². The number of thiophene rings is 1. The lowest BCUT2D eigenvalue weighted by Gasteiger charge is -2.29. The van der Waals surface area contributed by atoms with Gasteiger partial charge in [-0.3, -0.25) is 0 Å². The Balaban J connectivity index is 2.25. The molecule has 0 aromatic carbocycles. The quantitative estimate of drug-likeness (QED) is 0.747. The zero-order valence-electron chi connectivity index (χ0n) is 9.10. The first-order valence-corrected chi connectivity index (χ1v) is 6.40. The summed E-state index contributed by atoms with van der Waals surface area (Å²) in [5.74, 6) is 0. The maximum Gasteiger partial charge on any atom is 0.0502 e. The van der Waals surface area contributed by atoms with E-state index in [1.165, 1.54) is 37.8 Å². The van der Waals surface area contributed by atoms with Crippen molar-refractivity contribution in [1.82, 2.24) is 5.32 Å². The van der Waals surface area contributed by atoms with E-state index in [1.807, 2.05) is 11.3 Å². The van der Waals surface area contributed by atoms with E-state index in [1.54, 1.807) is 4.88 Å². The Labute approximate surface area is 90.5 Å². The summed E-state index contributed by atoms with van der Waals surface area (Å²) < 4.78 is 0. The van der Waals surface area contributed by atoms with Gasteiger partial charge in [-0.2, -0.15) is 0 Å². The second kappa shape index (κ2) is 4.03. The van der Waals surface area contributed by atoms with Crippen LogP contribution in [0.5, 0.6) is 0 Å². The van der Waals surface area contributed by atoms with Crippen molar-refractivity contribution in [3.8, 4) is 0 Å². The first-order chi connectivity index (χ1) is 6.72. The fourth-order valence-corrected chi connectivity index (χ4v) is 3.46. The van der Waals surface area contributed by atoms with Crippen molar-refractivity contribution < 1.29 is 0 Å². The Hall–Kier alpha value is -0.340. The summed E-state index contributed by atoms with van der Waals surface area (Å²) in [7, 11) is 0. The normalized spacial score (nSPS) is 28.7. The molecule has 0 saturated carbocycles. The van der Waals surface area contributed by atoms with Gasteiger partial charge in [0.2, 0.25) is 0 Å². The van der Waals surface area contributed by atoms with E-state index in [4.69, 9.17) is 0 Å². The maximum atomic E-state index is 3.71. The van der Waals surface area contributed by atoms with Crippen LogP contribution >= 0.6 is 11.3 Å². The lowest BCUT2D eigenvalue weighted by atomic mass is 9.92. The fourth-order valence-electron chi connectivity index (χ4n) is 2.36. The molecule has 78 valence electrons. The molecule has 1 N–H and O–H groups in total. The summed E-state index contributed by atoms with van der Waals surface area (Å²) in [4.78, 5) is 1.54. The van der Waals surface area contributed by atoms with Gasteiger partial charge in [-0.1, -0.05) is 12.8 Å². The molecule has 2 rings (SSSR count). The average molecular weight is 209 g/mol. The summed E-state index contributed by atoms with van der Waals surface area (Å²) in [5.41, 5.74) is 1.70. The number of nitrogens with one attached hydrogen (secondary N) is 1. The van der Waals surface area contributed by atoms with Crippen LogP contribution in [-0.2, 0) is 5.54 Å². The van der Waals surface area contributed by atoms with Crippen molar-refractivity contribution in [1.29, 1.82) is 0 Å². The minimum Gasteiger partial charge on any atom is -0.307 e. The second-order valence-corrected chi connectivity index (χ2v) is 5.42. The van der Waals surface area contributed by atoms with Gasteiger partial charge in [0, 0.05) is 4.88 Å². The van der Waals surface area contributed by atoms with Crippen LogP contribution in [0.3, 0.4) is 0 Å². The van der Waals surface area contributed by atoms with Gasteiger partial charge in [0.25, 0.3) is 0 Å². The van der Waals surface area contributed by atoms with Crippen molar-refractivity contribution in [2.24, 2.45) is 0 Å². The Morgan fingerprint density at radius 3 is 2.93 bits per heavy atom. The summed E-state index contributed by atoms with van der Waals surface area (Å²) >= 11 is 1.90. The molecule has 1 fully saturated rings. The second-order valence-electron chi connectivity index (χ2n) is 4.50. The molecule has 0 bridgehead atoms. The molecular formula is C12H19NS. The largest absolute Gasteiger partial charge is 0.307 e. The zero-order valence-corrected chi connectivity index (χ0v) is 9.91. The molecule has 0 spiro atoms. The molecule has 2 heterocycles. The van der Waals surface area contributed by atoms with Gasteiger partial charge in [0.15, 0.2) is 0 Å². The van der Waals surface area contributed by atoms with E-state index in [-0.39, 0.29) is 5.54 Å². The van der Waals surface area contributed by atoms with Crippen LogP contribution in [0, 0.1) is 6.92 Å². The third-order valence-corrected chi connectivity index (χ3v) is 4.51. The molecule has 1 aliphatic rings. The Bertz CT molecular complexity index is 295. The van der Waals surface area contributed by atoms with E-state index in [0.29, 0.717) is 0 Å². The van der Waals surface area contributed by atoms with Crippen molar-refractivity contribution in [3.63, 3.8) is 0 Å². The SMILES string of the molecule is Cc1ccsc1C1(C)CCCCCN1. The standard InChI is InChI=1S/C12H19NS/c1-10-6-9-14-11(10)12(2)7-4-3-5-8-13-12/h6,9,13H,3-5,7-8H2,1-2H3. The van der Waals surface area contributed by atoms with Crippen LogP contribution in [0.1, 0.15) is 43.0 Å². The van der Waals surface area contributed by atoms with Gasteiger partial charge < -0.3 is 5.32 Å². The van der Waals surface area contributed by atoms with Gasteiger partial charge in [-0.05, 0) is 50.2 Å². The van der Waals surface area contributed by atoms with Crippen LogP contribution < -0.4 is 5.32 Å². The highest BCUT2D eigenvalue weighted by atomic mass is 32.1. The van der Waals surface area contributed by atoms with Crippen molar-refractivity contribution in [3.05, 3.63) is 21.9 Å². The van der Waals surface area contributed by atoms with Crippen molar-refractivity contribution in [2.45, 2.75) is 45.1 Å². The van der Waals surface area contributed by atoms with Crippen LogP contribution in [0.2, 0.25) is 0 Å². The highest BCUT2D eigenvalue weighted by Gasteiger charge is 2.29. The number of hydrogen-bond donors (Lipinski definition) is 1. The molecule has 1 aromatic rings. The molecule has 0 aliphatic carbocycles. The Kier molecular flexibility index (Phi) is 2.93. The highest BCUT2D eigenvalue weighted by Crippen LogP contribution is 2.34. The molecule has 1 unspecified atom stereocenters. The lowest BCUT2D eigenvalue weighted by molar-refractivity contribution is 0.365. The molecule has 1 nitrogen and oxygen atoms in total. The first-order valence-electron chi connectivity index (χ1n) is 5.52. The van der Waals surface area contributed by atoms with Gasteiger partial charge in [-0.15, -0.1) is 11.3 Å². The summed E-state index contributed by atoms with van der Waals surface area (Å²) in [5, 5.41) is 5.92. The minimum absolute atomic E-state index is 0.245. The molecule has 0 amide bonds. The zero-order chi connectivity index (χ0) is 10.0. The number of rotatable bonds is 1. The first kappa shape index (κ1) is 10.2. The number of aryl methyl sites for hydroxylation is 1. The van der Waals surface area contributed by atoms with E-state index >= 15 is 0 Å². The molecular weight excluding hydrogens is 190 g/mol. The molecule has 1 aromatic heterocycles. The monoisotopic (exact) mass is 209 g/mol. The molecule has 2 heteroatoms. The fraction of sp³-hybridized carbons (Fsp3) is 0.667. The van der Waals surface area contributed by atoms with Crippen molar-refractivity contribution >= 4 is 11.3 Å². The van der Waals surface area contributed by atoms with Crippen molar-refractivity contribution in [2.75, 3.05) is 6.54 Å². The average Bonchev–Trinajstić information content (AvgIpc) is 2.46. The maximum absolute atomic E-state index is 3.71. The van der Waals surface area contributed by atoms with E-state index in [0.717, 1.165) is 0 Å². The third-order valence-electron chi connectivity index (χ3n) is 3.23. The smallest absolute Gasteiger partial charge is 0.0502 e. The topological polar surface area (TPSA) is 12.0 Å². The molecule has 14 heavy (non-hydrogen) atoms. The minimum atomic E-state index is 0.245. The van der Waals surface area contributed by atoms with Gasteiger partial charge >= 0.3 is 0 Å². The van der Waals surface area contributed by atoms with Gasteiger partial charge in [-0.25, -0.2) is 0 Å². The Morgan fingerprint density at radius 2 is 2.21 bits per heavy atom. The summed E-state index contributed by atoms with van der Waals surface area (Å²) in [6.45, 7) is 5.76. The number of hydrogen-bond acceptors (Lipinski definition) is 2. The lowest BCUT2D eigenvalue weighted by Crippen LogP contribution is -2.38. The summed E-state index contributed by atoms with van der Waals surface area (Å²) in [6, 6.07) is 2.23. The van der Waals surface area contributed by atoms with E-state index in [9.17, 15) is 0 Å². The predicted octanol–water partition coefficient (Wildman–Crippen LogP) is 3.44. The Morgan fingerprint density at radius 1 is 1.36 bits per heavy atom. The van der Waals surface area contributed by atoms with E-state index in [2.05, 4.69) is 30.6 Å². The third kappa shape index (κ3) is 1.86. The highest BCUT2D eigenvalue weighted by molar-refractivity contribution is 7.10. The van der Waals surface area contributed by atoms with Gasteiger partial charge in [0.05, 0.1) is 5.54 Å². The van der Waals surface area contributed by atoms with Crippen LogP contribution in [0.25, 0.3) is 0 Å². The van der Waals surface area contributed by atoms with Crippen LogP contribution in [-0.4, -0.2) is 6.54 Å². The van der Waals surface area contributed by atoms with Crippen LogP contribution in [0.4, 0.5) is 0 Å². The molecule has 0 radical (unpaired) electrons. The molecule has 1 aliphatic heterocycles. The predicted molar refractivity (Wildman–Crippen MR) is 62.9 cm³/mol. The molecule has 1 atom stereocenters. The molecule has 1 saturated heterocycles. The summed E-state index contributed by atoms with van der Waals surface area (Å²) in [6.07, 6.45) is 5.36. The van der Waals surface area contributed by atoms with Gasteiger partial charge in [0.1, 0.15) is 0 Å². The van der Waals surface area contributed by atoms with Crippen LogP contribution in [0.15, 0.2) is 11.4 Å².